The van der Waals surface area contributed by atoms with E-state index < -0.39 is 20.1 Å². The maximum atomic E-state index is 8.64. The predicted molar refractivity (Wildman–Crippen MR) is 245 cm³/mol. The van der Waals surface area contributed by atoms with Gasteiger partial charge >= 0.3 is 33.2 Å². The quantitative estimate of drug-likeness (QED) is 0.0463. The SMILES string of the molecule is CCCC[N+](CCCC)(CCCC)CCCC.CCCC[N+](CCCC)(CCCC)CCCC.CCCC[N+](CCCC)(CCCC)CCCC.[O]=[Sb]([O-])([O-])[O-]. The van der Waals surface area contributed by atoms with Gasteiger partial charge in [0.2, 0.25) is 0 Å². The Morgan fingerprint density at radius 2 is 0.321 bits per heavy atom. The molecule has 0 heterocycles. The number of nitrogens with zero attached hydrogens (tertiary/aromatic N) is 3. The van der Waals surface area contributed by atoms with Crippen molar-refractivity contribution in [2.75, 3.05) is 78.5 Å². The Morgan fingerprint density at radius 3 is 0.375 bits per heavy atom. The van der Waals surface area contributed by atoms with Crippen molar-refractivity contribution in [1.82, 2.24) is 0 Å². The fourth-order valence-electron chi connectivity index (χ4n) is 7.93. The van der Waals surface area contributed by atoms with Crippen LogP contribution in [0.25, 0.3) is 0 Å². The zero-order valence-electron chi connectivity index (χ0n) is 40.9. The second-order valence-electron chi connectivity index (χ2n) is 17.4. The van der Waals surface area contributed by atoms with E-state index in [9.17, 15) is 0 Å². The van der Waals surface area contributed by atoms with Gasteiger partial charge in [-0.15, -0.1) is 0 Å². The molecular weight excluding hydrogens is 804 g/mol. The van der Waals surface area contributed by atoms with Crippen molar-refractivity contribution in [3.63, 3.8) is 0 Å². The molecule has 8 heteroatoms. The maximum absolute atomic E-state index is 8.64. The van der Waals surface area contributed by atoms with Crippen molar-refractivity contribution < 1.29 is 26.6 Å². The summed E-state index contributed by atoms with van der Waals surface area (Å²) < 4.78 is 38.8. The van der Waals surface area contributed by atoms with Crippen LogP contribution in [-0.4, -0.2) is 112 Å². The molecule has 0 aliphatic heterocycles. The Kier molecular flexibility index (Phi) is 50.6. The summed E-state index contributed by atoms with van der Waals surface area (Å²) in [7, 11) is 0. The van der Waals surface area contributed by atoms with Crippen molar-refractivity contribution >= 4 is 20.1 Å². The first-order chi connectivity index (χ1) is 26.7. The van der Waals surface area contributed by atoms with Crippen LogP contribution in [0.5, 0.6) is 0 Å². The summed E-state index contributed by atoms with van der Waals surface area (Å²) in [5, 5.41) is 0. The second-order valence-corrected chi connectivity index (χ2v) is 20.0. The normalized spacial score (nSPS) is 12.0. The van der Waals surface area contributed by atoms with Gasteiger partial charge in [0.05, 0.1) is 78.5 Å². The summed E-state index contributed by atoms with van der Waals surface area (Å²) in [6.07, 6.45) is 33.2. The fraction of sp³-hybridized carbons (Fsp3) is 1.00. The van der Waals surface area contributed by atoms with Crippen LogP contribution in [0.1, 0.15) is 237 Å². The van der Waals surface area contributed by atoms with Crippen LogP contribution in [0.15, 0.2) is 0 Å². The Bertz CT molecular complexity index is 588. The molecule has 0 rings (SSSR count). The summed E-state index contributed by atoms with van der Waals surface area (Å²) in [5.74, 6) is 0. The first-order valence-electron chi connectivity index (χ1n) is 25.0. The second kappa shape index (κ2) is 44.9. The van der Waals surface area contributed by atoms with Crippen LogP contribution in [-0.2, 0) is 3.02 Å². The summed E-state index contributed by atoms with van der Waals surface area (Å²) >= 11 is -6.10. The molecular formula is C48H108N3O4Sb. The topological polar surface area (TPSA) is 86.2 Å². The number of unbranched alkanes of at least 4 members (excludes halogenated alkanes) is 12. The Balaban J connectivity index is -0.000000340. The summed E-state index contributed by atoms with van der Waals surface area (Å²) in [6.45, 7) is 45.1. The van der Waals surface area contributed by atoms with Gasteiger partial charge in [-0.05, 0) is 77.0 Å². The summed E-state index contributed by atoms with van der Waals surface area (Å²) in [4.78, 5) is 0. The molecule has 344 valence electrons. The molecule has 0 aromatic rings. The standard InChI is InChI=1S/3C16H36N.4O.Sb/c3*1-5-9-13-17(14-10-6-2,15-11-7-3)16-12-8-4;;;;;/h3*5-16H2,1-4H3;;;;;/q3*+1;;3*-1;. The van der Waals surface area contributed by atoms with Crippen molar-refractivity contribution in [3.8, 4) is 0 Å². The average Bonchev–Trinajstić information content (AvgIpc) is 3.19. The van der Waals surface area contributed by atoms with E-state index in [-0.39, 0.29) is 0 Å². The molecule has 0 aromatic heterocycles. The average molecular weight is 913 g/mol. The van der Waals surface area contributed by atoms with Gasteiger partial charge in [0.25, 0.3) is 0 Å². The minimum atomic E-state index is -6.10. The van der Waals surface area contributed by atoms with Crippen molar-refractivity contribution in [1.29, 1.82) is 0 Å². The zero-order valence-corrected chi connectivity index (χ0v) is 43.4. The number of rotatable bonds is 36. The molecule has 56 heavy (non-hydrogen) atoms. The molecule has 0 fully saturated rings. The zero-order chi connectivity index (χ0) is 43.5. The molecule has 0 aliphatic carbocycles. The molecule has 0 unspecified atom stereocenters. The van der Waals surface area contributed by atoms with E-state index in [4.69, 9.17) is 13.2 Å². The van der Waals surface area contributed by atoms with Gasteiger partial charge in [0, 0.05) is 0 Å². The first kappa shape index (κ1) is 63.0. The van der Waals surface area contributed by atoms with Gasteiger partial charge in [-0.25, -0.2) is 0 Å². The van der Waals surface area contributed by atoms with E-state index in [0.717, 1.165) is 0 Å². The summed E-state index contributed by atoms with van der Waals surface area (Å²) in [5.41, 5.74) is 0. The van der Waals surface area contributed by atoms with E-state index in [1.165, 1.54) is 246 Å². The van der Waals surface area contributed by atoms with Crippen LogP contribution in [0.3, 0.4) is 0 Å². The fourth-order valence-corrected chi connectivity index (χ4v) is 7.93. The molecule has 0 spiro atoms. The molecule has 0 aliphatic rings. The van der Waals surface area contributed by atoms with E-state index in [0.29, 0.717) is 0 Å². The third-order valence-electron chi connectivity index (χ3n) is 11.8. The minimum absolute atomic E-state index is 1.35. The van der Waals surface area contributed by atoms with Crippen LogP contribution < -0.4 is 10.2 Å². The van der Waals surface area contributed by atoms with E-state index >= 15 is 0 Å². The molecule has 0 aromatic carbocycles. The molecule has 7 nitrogen and oxygen atoms in total. The van der Waals surface area contributed by atoms with Crippen molar-refractivity contribution in [3.05, 3.63) is 0 Å². The predicted octanol–water partition coefficient (Wildman–Crippen LogP) is 10.9. The van der Waals surface area contributed by atoms with Crippen molar-refractivity contribution in [2.45, 2.75) is 237 Å². The van der Waals surface area contributed by atoms with Crippen LogP contribution >= 0.6 is 0 Å². The van der Waals surface area contributed by atoms with Gasteiger partial charge in [0.15, 0.2) is 0 Å². The molecule has 0 amide bonds. The number of hydrogen-bond donors (Lipinski definition) is 0. The summed E-state index contributed by atoms with van der Waals surface area (Å²) in [6, 6.07) is 0. The molecule has 0 N–H and O–H groups in total. The first-order valence-corrected chi connectivity index (χ1v) is 29.2. The Hall–Kier alpha value is 0.378. The number of hydrogen-bond acceptors (Lipinski definition) is 4. The number of quaternary nitrogens is 3. The van der Waals surface area contributed by atoms with Crippen molar-refractivity contribution in [2.24, 2.45) is 0 Å². The van der Waals surface area contributed by atoms with E-state index in [1.54, 1.807) is 0 Å². The van der Waals surface area contributed by atoms with E-state index in [1.807, 2.05) is 0 Å². The van der Waals surface area contributed by atoms with Crippen LogP contribution in [0.4, 0.5) is 0 Å². The Morgan fingerprint density at radius 1 is 0.250 bits per heavy atom. The van der Waals surface area contributed by atoms with Gasteiger partial charge in [0.1, 0.15) is 0 Å². The monoisotopic (exact) mass is 912 g/mol. The van der Waals surface area contributed by atoms with Gasteiger partial charge in [-0.2, -0.15) is 0 Å². The van der Waals surface area contributed by atoms with Crippen LogP contribution in [0.2, 0.25) is 0 Å². The van der Waals surface area contributed by atoms with Gasteiger partial charge < -0.3 is 13.4 Å². The molecule has 0 radical (unpaired) electrons. The van der Waals surface area contributed by atoms with E-state index in [2.05, 4.69) is 83.1 Å². The molecule has 0 bridgehead atoms. The molecule has 0 atom stereocenters. The van der Waals surface area contributed by atoms with Gasteiger partial charge in [-0.3, -0.25) is 0 Å². The Labute approximate surface area is 360 Å². The molecule has 0 saturated carbocycles. The van der Waals surface area contributed by atoms with Crippen LogP contribution in [0, 0.1) is 0 Å². The third-order valence-corrected chi connectivity index (χ3v) is 11.8. The third kappa shape index (κ3) is 42.5. The molecule has 0 saturated heterocycles. The van der Waals surface area contributed by atoms with Gasteiger partial charge in [-0.1, -0.05) is 160 Å².